The van der Waals surface area contributed by atoms with Gasteiger partial charge in [0.05, 0.1) is 126 Å². The van der Waals surface area contributed by atoms with Crippen LogP contribution in [0.4, 0.5) is 77.6 Å². The molecule has 5 N–H and O–H groups in total. The number of carbonyl (C=O) groups is 2. The molecule has 14 heterocycles. The third-order valence-electron chi connectivity index (χ3n) is 27.5. The summed E-state index contributed by atoms with van der Waals surface area (Å²) in [6.07, 6.45) is 10.8. The quantitative estimate of drug-likeness (QED) is 0.0291. The number of anilines is 12. The van der Waals surface area contributed by atoms with Gasteiger partial charge in [-0.1, -0.05) is 0 Å². The normalized spacial score (nSPS) is 18.2. The van der Waals surface area contributed by atoms with Gasteiger partial charge in [0.1, 0.15) is 89.7 Å². The van der Waals surface area contributed by atoms with E-state index in [-0.39, 0.29) is 41.6 Å². The highest BCUT2D eigenvalue weighted by molar-refractivity contribution is 5.97. The summed E-state index contributed by atoms with van der Waals surface area (Å²) in [5.74, 6) is 5.80. The lowest BCUT2D eigenvalue weighted by Gasteiger charge is -2.43. The fourth-order valence-corrected chi connectivity index (χ4v) is 19.0. The number of rotatable bonds is 29. The predicted octanol–water partition coefficient (Wildman–Crippen LogP) is 14.0. The van der Waals surface area contributed by atoms with Gasteiger partial charge in [0, 0.05) is 217 Å². The van der Waals surface area contributed by atoms with Crippen molar-refractivity contribution in [2.24, 2.45) is 0 Å². The lowest BCUT2D eigenvalue weighted by Crippen LogP contribution is -2.56. The number of nitriles is 4. The molecule has 22 rings (SSSR count). The smallest absolute Gasteiger partial charge is 0.387 e. The SMILES string of the molecule is COc1cc(Nc2ccnc(-c3ccc(OC4CCOCC4)c(C#N)c3)n2)ccc1OC(F)F.N#Cc1cc(-c2nccc(Nc3ccc(N4CCN(C5COC5)CC4)cc3)n2)ccc1N1CCCC1=O.N#Cc1cc(-c2nccc(Nc3ccc(N4CCN(C5COC5)CC4)cc3)n2)ccc1O[C@@H]1CCN(C(=O)CO)C1.N#Cc1cc(-c2nccc(Nc3ccc(N4CCN(C5COC5)CC4)cc3)n2)ccc1O[C@@H]1CCOC1. The highest BCUT2D eigenvalue weighted by Crippen LogP contribution is 2.39. The molecule has 0 unspecified atom stereocenters. The van der Waals surface area contributed by atoms with E-state index in [1.165, 1.54) is 36.3 Å². The van der Waals surface area contributed by atoms with Crippen molar-refractivity contribution < 1.29 is 70.8 Å². The van der Waals surface area contributed by atoms with E-state index in [9.17, 15) is 39.4 Å². The molecule has 0 saturated carbocycles. The van der Waals surface area contributed by atoms with Crippen LogP contribution < -0.4 is 64.6 Å². The van der Waals surface area contributed by atoms with Gasteiger partial charge in [0.25, 0.3) is 0 Å². The van der Waals surface area contributed by atoms with Crippen LogP contribution in [0.5, 0.6) is 28.7 Å². The number of benzene rings is 8. The minimum Gasteiger partial charge on any atom is -0.493 e. The van der Waals surface area contributed by atoms with E-state index in [0.29, 0.717) is 186 Å². The van der Waals surface area contributed by atoms with Crippen molar-refractivity contribution in [3.8, 4) is 98.6 Å². The molecule has 12 aromatic rings. The van der Waals surface area contributed by atoms with E-state index in [1.807, 2.05) is 48.5 Å². The second kappa shape index (κ2) is 49.1. The maximum atomic E-state index is 12.5. The standard InChI is InChI=1S/C30H33N7O4.C28H29N7O2.C28H30N6O3.C24H22F2N4O4/c31-16-22-15-21(1-6-27(22)41-26-8-10-37(17-26)29(39)18-38)30-32-9-7-28(34-30)33-23-2-4-24(5-3-23)35-11-13-36(14-12-35)25-19-40-20-25;29-17-21-16-20(3-8-25(21)35-11-1-2-27(35)36)28-30-10-9-26(32-28)31-22-4-6-23(7-5-22)33-12-14-34(15-13-33)24-18-37-19-24;29-16-21-15-20(1-6-26(21)37-25-8-14-35-19-25)28-30-9-7-27(32-28)31-22-2-4-23(5-3-22)33-10-12-34(13-11-33)24-17-36-18-24;1-31-21-13-17(3-5-20(21)34-24(25)26)29-22-6-9-28-23(30-22)15-2-4-19(16(12-15)14-27)33-18-7-10-32-11-8-18/h1-7,9,15,25-26,38H,8,10-14,17-20H2,(H,32,33,34);3-10,16,24H,1-2,11-15,18-19H2,(H,30,31,32);1-7,9,15,24-25H,8,10-14,17-19H2,(H,30,31,32);2-6,9,12-13,18,24H,7-8,10-11H2,1H3,(H,28,29,30)/t26-;;25-;/m1.1./s1. The first-order chi connectivity index (χ1) is 73.1. The van der Waals surface area contributed by atoms with Crippen molar-refractivity contribution in [3.05, 3.63) is 235 Å². The number of nitrogens with zero attached hydrogens (tertiary/aromatic N) is 20. The van der Waals surface area contributed by atoms with Gasteiger partial charge >= 0.3 is 6.61 Å². The van der Waals surface area contributed by atoms with Crippen LogP contribution in [0.1, 0.15) is 60.8 Å². The monoisotopic (exact) mass is 2020 g/mol. The summed E-state index contributed by atoms with van der Waals surface area (Å²) >= 11 is 0. The highest BCUT2D eigenvalue weighted by atomic mass is 19.3. The topological polar surface area (TPSA) is 419 Å². The van der Waals surface area contributed by atoms with Crippen LogP contribution in [0.25, 0.3) is 45.6 Å². The van der Waals surface area contributed by atoms with Crippen molar-refractivity contribution >= 4 is 80.6 Å². The lowest BCUT2D eigenvalue weighted by atomic mass is 10.1. The van der Waals surface area contributed by atoms with Crippen molar-refractivity contribution in [2.75, 3.05) is 219 Å². The molecule has 766 valence electrons. The summed E-state index contributed by atoms with van der Waals surface area (Å²) in [5, 5.41) is 61.0. The third-order valence-corrected chi connectivity index (χ3v) is 27.5. The Morgan fingerprint density at radius 1 is 0.403 bits per heavy atom. The number of aromatic nitrogens is 8. The molecule has 2 atom stereocenters. The Bertz CT molecular complexity index is 6800. The Balaban J connectivity index is 0.000000125. The fraction of sp³-hybridized carbons (Fsp3) is 0.364. The molecule has 149 heavy (non-hydrogen) atoms. The number of aliphatic hydroxyl groups is 1. The van der Waals surface area contributed by atoms with Crippen LogP contribution in [-0.2, 0) is 33.3 Å². The predicted molar refractivity (Wildman–Crippen MR) is 555 cm³/mol. The number of likely N-dealkylation sites (tertiary alicyclic amines) is 1. The largest absolute Gasteiger partial charge is 0.493 e. The molecule has 10 fully saturated rings. The molecule has 10 aliphatic rings. The summed E-state index contributed by atoms with van der Waals surface area (Å²) in [6, 6.07) is 68.9. The van der Waals surface area contributed by atoms with Crippen LogP contribution in [0.3, 0.4) is 0 Å². The molecule has 0 spiro atoms. The number of amides is 2. The first-order valence-electron chi connectivity index (χ1n) is 50.1. The number of piperazine rings is 3. The number of nitrogens with one attached hydrogen (secondary N) is 4. The lowest BCUT2D eigenvalue weighted by molar-refractivity contribution is -0.133. The van der Waals surface area contributed by atoms with Crippen molar-refractivity contribution in [1.82, 2.24) is 59.5 Å². The molecule has 37 nitrogen and oxygen atoms in total. The molecule has 10 aliphatic heterocycles. The molecule has 0 radical (unpaired) electrons. The van der Waals surface area contributed by atoms with Gasteiger partial charge in [-0.2, -0.15) is 29.8 Å². The average Bonchev–Trinajstić information content (AvgIpc) is 1.31. The van der Waals surface area contributed by atoms with Gasteiger partial charge < -0.3 is 98.2 Å². The van der Waals surface area contributed by atoms with Gasteiger partial charge in [-0.3, -0.25) is 24.3 Å². The molecule has 0 bridgehead atoms. The van der Waals surface area contributed by atoms with Gasteiger partial charge in [-0.25, -0.2) is 39.9 Å². The average molecular weight is 2020 g/mol. The molecule has 10 saturated heterocycles. The zero-order valence-electron chi connectivity index (χ0n) is 82.4. The minimum absolute atomic E-state index is 0.0137. The Labute approximate surface area is 861 Å². The first-order valence-corrected chi connectivity index (χ1v) is 50.1. The van der Waals surface area contributed by atoms with E-state index < -0.39 is 13.2 Å². The van der Waals surface area contributed by atoms with Gasteiger partial charge in [0.2, 0.25) is 11.8 Å². The second-order valence-electron chi connectivity index (χ2n) is 37.1. The fourth-order valence-electron chi connectivity index (χ4n) is 19.0. The Hall–Kier alpha value is -15.9. The number of hydrogen-bond acceptors (Lipinski definition) is 35. The second-order valence-corrected chi connectivity index (χ2v) is 37.1. The number of aliphatic hydroxyl groups excluding tert-OH is 1. The van der Waals surface area contributed by atoms with Crippen molar-refractivity contribution in [1.29, 1.82) is 21.0 Å². The first kappa shape index (κ1) is 102. The maximum Gasteiger partial charge on any atom is 0.387 e. The summed E-state index contributed by atoms with van der Waals surface area (Å²) in [5.41, 5.74) is 12.2. The van der Waals surface area contributed by atoms with Crippen LogP contribution >= 0.6 is 0 Å². The molecule has 39 heteroatoms. The molecular formula is C110H114F2N24O13. The van der Waals surface area contributed by atoms with E-state index in [4.69, 9.17) is 47.7 Å². The summed E-state index contributed by atoms with van der Waals surface area (Å²) in [7, 11) is 1.36. The minimum atomic E-state index is -2.95. The Kier molecular flexibility index (Phi) is 33.5. The maximum absolute atomic E-state index is 12.5. The van der Waals surface area contributed by atoms with Crippen LogP contribution in [0.15, 0.2) is 213 Å². The van der Waals surface area contributed by atoms with Gasteiger partial charge in [0.15, 0.2) is 34.8 Å². The molecule has 8 aromatic carbocycles. The Morgan fingerprint density at radius 2 is 0.772 bits per heavy atom. The number of halogens is 2. The van der Waals surface area contributed by atoms with Gasteiger partial charge in [-0.05, 0) is 188 Å². The van der Waals surface area contributed by atoms with E-state index >= 15 is 0 Å². The molecule has 2 amide bonds. The van der Waals surface area contributed by atoms with Crippen LogP contribution in [0, 0.1) is 45.3 Å². The van der Waals surface area contributed by atoms with Crippen LogP contribution in [-0.4, -0.2) is 297 Å². The Morgan fingerprint density at radius 3 is 1.13 bits per heavy atom. The number of ether oxygens (including phenoxy) is 10. The van der Waals surface area contributed by atoms with Gasteiger partial charge in [-0.15, -0.1) is 0 Å². The number of hydrogen-bond donors (Lipinski definition) is 5. The van der Waals surface area contributed by atoms with Crippen molar-refractivity contribution in [3.63, 3.8) is 0 Å². The summed E-state index contributed by atoms with van der Waals surface area (Å²) in [6.45, 7) is 18.4. The molecule has 4 aromatic heterocycles. The van der Waals surface area contributed by atoms with E-state index in [2.05, 4.69) is 192 Å². The van der Waals surface area contributed by atoms with Crippen LogP contribution in [0.2, 0.25) is 0 Å². The number of carbonyl (C=O) groups excluding carboxylic acids is 2. The molecule has 0 aliphatic carbocycles. The third kappa shape index (κ3) is 26.0. The van der Waals surface area contributed by atoms with Crippen molar-refractivity contribution in [2.45, 2.75) is 81.6 Å². The summed E-state index contributed by atoms with van der Waals surface area (Å²) < 4.78 is 79.4. The summed E-state index contributed by atoms with van der Waals surface area (Å²) in [4.78, 5) is 78.1. The van der Waals surface area contributed by atoms with E-state index in [0.717, 1.165) is 172 Å². The molecular weight excluding hydrogens is 1900 g/mol. The number of alkyl halides is 2. The van der Waals surface area contributed by atoms with E-state index in [1.54, 1.807) is 89.2 Å². The zero-order chi connectivity index (χ0) is 102. The highest BCUT2D eigenvalue weighted by Gasteiger charge is 2.35. The zero-order valence-corrected chi connectivity index (χ0v) is 82.4. The number of methoxy groups -OCH3 is 1.